The molecule has 1 aliphatic rings. The molecule has 1 aromatic heterocycles. The Hall–Kier alpha value is -1.85. The molecule has 0 bridgehead atoms. The molecule has 2 amide bonds. The van der Waals surface area contributed by atoms with Gasteiger partial charge in [0.2, 0.25) is 11.8 Å². The van der Waals surface area contributed by atoms with E-state index in [1.54, 1.807) is 24.8 Å². The number of hydrogen-bond acceptors (Lipinski definition) is 4. The van der Waals surface area contributed by atoms with Crippen LogP contribution in [0, 0.1) is 6.92 Å². The van der Waals surface area contributed by atoms with E-state index >= 15 is 0 Å². The first kappa shape index (κ1) is 14.6. The van der Waals surface area contributed by atoms with Gasteiger partial charge in [0.05, 0.1) is 6.54 Å². The summed E-state index contributed by atoms with van der Waals surface area (Å²) in [5.41, 5.74) is -0.163. The third kappa shape index (κ3) is 2.42. The van der Waals surface area contributed by atoms with Crippen molar-refractivity contribution in [2.45, 2.75) is 58.7 Å². The number of nitrogens with one attached hydrogen (secondary N) is 1. The third-order valence-electron chi connectivity index (χ3n) is 3.91. The molecule has 20 heavy (non-hydrogen) atoms. The minimum Gasteiger partial charge on any atom is -0.361 e. The second-order valence-corrected chi connectivity index (χ2v) is 5.46. The van der Waals surface area contributed by atoms with E-state index in [4.69, 9.17) is 4.52 Å². The van der Waals surface area contributed by atoms with Crippen LogP contribution in [-0.2, 0) is 16.1 Å². The first-order valence-corrected chi connectivity index (χ1v) is 6.96. The number of aromatic nitrogens is 1. The van der Waals surface area contributed by atoms with Crippen LogP contribution >= 0.6 is 0 Å². The van der Waals surface area contributed by atoms with Crippen molar-refractivity contribution >= 4 is 11.8 Å². The lowest BCUT2D eigenvalue weighted by molar-refractivity contribution is -0.155. The number of rotatable bonds is 4. The summed E-state index contributed by atoms with van der Waals surface area (Å²) in [4.78, 5) is 26.5. The van der Waals surface area contributed by atoms with Crippen molar-refractivity contribution in [3.05, 3.63) is 17.5 Å². The van der Waals surface area contributed by atoms with Gasteiger partial charge in [0, 0.05) is 6.07 Å². The Morgan fingerprint density at radius 1 is 1.45 bits per heavy atom. The van der Waals surface area contributed by atoms with E-state index in [1.165, 1.54) is 0 Å². The topological polar surface area (TPSA) is 75.4 Å². The summed E-state index contributed by atoms with van der Waals surface area (Å²) in [5.74, 6) is 0.531. The fourth-order valence-electron chi connectivity index (χ4n) is 2.50. The molecule has 0 saturated carbocycles. The summed E-state index contributed by atoms with van der Waals surface area (Å²) in [6.45, 7) is 7.66. The zero-order chi connectivity index (χ0) is 14.9. The van der Waals surface area contributed by atoms with Crippen LogP contribution in [0.1, 0.15) is 45.1 Å². The van der Waals surface area contributed by atoms with E-state index in [2.05, 4.69) is 10.5 Å². The Kier molecular flexibility index (Phi) is 3.83. The van der Waals surface area contributed by atoms with Gasteiger partial charge in [-0.1, -0.05) is 19.0 Å². The minimum atomic E-state index is -0.832. The molecule has 1 fully saturated rings. The van der Waals surface area contributed by atoms with Crippen LogP contribution in [-0.4, -0.2) is 33.5 Å². The van der Waals surface area contributed by atoms with Crippen LogP contribution in [0.2, 0.25) is 0 Å². The van der Waals surface area contributed by atoms with Crippen LogP contribution in [0.5, 0.6) is 0 Å². The lowest BCUT2D eigenvalue weighted by Crippen LogP contribution is -2.68. The highest BCUT2D eigenvalue weighted by molar-refractivity contribution is 5.99. The Morgan fingerprint density at radius 3 is 2.65 bits per heavy atom. The second kappa shape index (κ2) is 5.26. The average molecular weight is 279 g/mol. The highest BCUT2D eigenvalue weighted by Crippen LogP contribution is 2.24. The Labute approximate surface area is 118 Å². The predicted octanol–water partition coefficient (Wildman–Crippen LogP) is 1.39. The van der Waals surface area contributed by atoms with Gasteiger partial charge in [0.15, 0.2) is 0 Å². The zero-order valence-electron chi connectivity index (χ0n) is 12.4. The molecular weight excluding hydrogens is 258 g/mol. The SMILES string of the molecule is CCC1C(=O)NC(C)(CC)C(=O)N1Cc1cc(C)on1. The van der Waals surface area contributed by atoms with Gasteiger partial charge in [-0.25, -0.2) is 0 Å². The van der Waals surface area contributed by atoms with Gasteiger partial charge in [-0.2, -0.15) is 0 Å². The standard InChI is InChI=1S/C14H21N3O3/c1-5-11-12(18)15-14(4,6-2)13(19)17(11)8-10-7-9(3)20-16-10/h7,11H,5-6,8H2,1-4H3,(H,15,18). The maximum Gasteiger partial charge on any atom is 0.249 e. The van der Waals surface area contributed by atoms with Crippen molar-refractivity contribution in [2.75, 3.05) is 0 Å². The fourth-order valence-corrected chi connectivity index (χ4v) is 2.50. The van der Waals surface area contributed by atoms with Gasteiger partial charge < -0.3 is 14.7 Å². The van der Waals surface area contributed by atoms with Crippen LogP contribution in [0.15, 0.2) is 10.6 Å². The number of piperazine rings is 1. The van der Waals surface area contributed by atoms with Crippen molar-refractivity contribution in [1.82, 2.24) is 15.4 Å². The molecule has 0 aliphatic carbocycles. The van der Waals surface area contributed by atoms with Crippen LogP contribution in [0.4, 0.5) is 0 Å². The van der Waals surface area contributed by atoms with Gasteiger partial charge in [-0.3, -0.25) is 9.59 Å². The molecular formula is C14H21N3O3. The third-order valence-corrected chi connectivity index (χ3v) is 3.91. The van der Waals surface area contributed by atoms with E-state index < -0.39 is 11.6 Å². The van der Waals surface area contributed by atoms with Crippen molar-refractivity contribution in [1.29, 1.82) is 0 Å². The van der Waals surface area contributed by atoms with E-state index in [1.807, 2.05) is 13.8 Å². The molecule has 2 rings (SSSR count). The summed E-state index contributed by atoms with van der Waals surface area (Å²) in [6, 6.07) is 1.34. The molecule has 0 spiro atoms. The number of carbonyl (C=O) groups is 2. The van der Waals surface area contributed by atoms with E-state index in [9.17, 15) is 9.59 Å². The molecule has 1 aromatic rings. The summed E-state index contributed by atoms with van der Waals surface area (Å²) < 4.78 is 5.03. The molecule has 6 nitrogen and oxygen atoms in total. The monoisotopic (exact) mass is 279 g/mol. The van der Waals surface area contributed by atoms with Crippen molar-refractivity contribution in [2.24, 2.45) is 0 Å². The Bertz CT molecular complexity index is 525. The van der Waals surface area contributed by atoms with Crippen molar-refractivity contribution in [3.8, 4) is 0 Å². The van der Waals surface area contributed by atoms with E-state index in [0.29, 0.717) is 30.8 Å². The molecule has 6 heteroatoms. The molecule has 1 saturated heterocycles. The Morgan fingerprint density at radius 2 is 2.15 bits per heavy atom. The van der Waals surface area contributed by atoms with Crippen molar-refractivity contribution in [3.63, 3.8) is 0 Å². The number of nitrogens with zero attached hydrogens (tertiary/aromatic N) is 2. The predicted molar refractivity (Wildman–Crippen MR) is 72.7 cm³/mol. The Balaban J connectivity index is 2.29. The average Bonchev–Trinajstić information content (AvgIpc) is 2.81. The number of hydrogen-bond donors (Lipinski definition) is 1. The first-order valence-electron chi connectivity index (χ1n) is 6.96. The normalized spacial score (nSPS) is 26.8. The lowest BCUT2D eigenvalue weighted by Gasteiger charge is -2.43. The minimum absolute atomic E-state index is 0.0629. The molecule has 2 atom stereocenters. The highest BCUT2D eigenvalue weighted by atomic mass is 16.5. The van der Waals surface area contributed by atoms with Gasteiger partial charge in [-0.05, 0) is 26.7 Å². The first-order chi connectivity index (χ1) is 9.41. The van der Waals surface area contributed by atoms with E-state index in [0.717, 1.165) is 0 Å². The molecule has 0 aromatic carbocycles. The molecule has 2 heterocycles. The molecule has 2 unspecified atom stereocenters. The summed E-state index contributed by atoms with van der Waals surface area (Å²) in [5, 5.41) is 6.75. The molecule has 1 aliphatic heterocycles. The zero-order valence-corrected chi connectivity index (χ0v) is 12.4. The summed E-state index contributed by atoms with van der Waals surface area (Å²) >= 11 is 0. The van der Waals surface area contributed by atoms with Crippen molar-refractivity contribution < 1.29 is 14.1 Å². The van der Waals surface area contributed by atoms with Gasteiger partial charge in [0.1, 0.15) is 23.0 Å². The van der Waals surface area contributed by atoms with Crippen LogP contribution < -0.4 is 5.32 Å². The van der Waals surface area contributed by atoms with Gasteiger partial charge in [0.25, 0.3) is 0 Å². The maximum atomic E-state index is 12.7. The number of carbonyl (C=O) groups excluding carboxylic acids is 2. The fraction of sp³-hybridized carbons (Fsp3) is 0.643. The second-order valence-electron chi connectivity index (χ2n) is 5.46. The number of amides is 2. The lowest BCUT2D eigenvalue weighted by atomic mass is 9.91. The number of aryl methyl sites for hydroxylation is 1. The highest BCUT2D eigenvalue weighted by Gasteiger charge is 2.46. The molecule has 110 valence electrons. The molecule has 1 N–H and O–H groups in total. The summed E-state index contributed by atoms with van der Waals surface area (Å²) in [6.07, 6.45) is 1.14. The maximum absolute atomic E-state index is 12.7. The quantitative estimate of drug-likeness (QED) is 0.903. The van der Waals surface area contributed by atoms with E-state index in [-0.39, 0.29) is 11.8 Å². The van der Waals surface area contributed by atoms with Crippen LogP contribution in [0.3, 0.4) is 0 Å². The largest absolute Gasteiger partial charge is 0.361 e. The smallest absolute Gasteiger partial charge is 0.249 e. The van der Waals surface area contributed by atoms with Gasteiger partial charge >= 0.3 is 0 Å². The van der Waals surface area contributed by atoms with Crippen LogP contribution in [0.25, 0.3) is 0 Å². The molecule has 0 radical (unpaired) electrons. The van der Waals surface area contributed by atoms with Gasteiger partial charge in [-0.15, -0.1) is 0 Å². The summed E-state index contributed by atoms with van der Waals surface area (Å²) in [7, 11) is 0.